The molecule has 4 heteroatoms. The highest BCUT2D eigenvalue weighted by Gasteiger charge is 2.17. The van der Waals surface area contributed by atoms with Gasteiger partial charge in [-0.25, -0.2) is 0 Å². The molecule has 0 fully saturated rings. The van der Waals surface area contributed by atoms with Gasteiger partial charge in [0.25, 0.3) is 0 Å². The molecule has 0 saturated carbocycles. The molecule has 0 aliphatic rings. The van der Waals surface area contributed by atoms with Gasteiger partial charge in [0.05, 0.1) is 0 Å². The number of primary amides is 1. The largest absolute Gasteiger partial charge is 0.370 e. The number of nitrogens with one attached hydrogen (secondary N) is 1. The molecule has 3 nitrogen and oxygen atoms in total. The van der Waals surface area contributed by atoms with Crippen molar-refractivity contribution >= 4 is 23.4 Å². The van der Waals surface area contributed by atoms with Crippen molar-refractivity contribution in [3.8, 4) is 0 Å². The molecular weight excluding hydrogens is 256 g/mol. The van der Waals surface area contributed by atoms with Gasteiger partial charge in [0.2, 0.25) is 5.91 Å². The lowest BCUT2D eigenvalue weighted by atomic mass is 10.1. The van der Waals surface area contributed by atoms with Crippen LogP contribution in [0.25, 0.3) is 0 Å². The van der Waals surface area contributed by atoms with Gasteiger partial charge in [0.1, 0.15) is 6.04 Å². The average Bonchev–Trinajstić information content (AvgIpc) is 2.45. The number of thioether (sulfide) groups is 1. The molecule has 0 aliphatic carbocycles. The highest BCUT2D eigenvalue weighted by atomic mass is 32.2. The highest BCUT2D eigenvalue weighted by molar-refractivity contribution is 7.98. The summed E-state index contributed by atoms with van der Waals surface area (Å²) in [5.41, 5.74) is 7.23. The van der Waals surface area contributed by atoms with Crippen LogP contribution in [0.4, 0.5) is 5.69 Å². The van der Waals surface area contributed by atoms with Gasteiger partial charge < -0.3 is 11.1 Å². The second kappa shape index (κ2) is 6.29. The Kier molecular flexibility index (Phi) is 4.47. The smallest absolute Gasteiger partial charge is 0.244 e. The standard InChI is InChI=1S/C15H16N2OS/c1-19-13-9-5-8-12(10-13)17-14(15(16)18)11-6-3-2-4-7-11/h2-10,14,17H,1H3,(H2,16,18)/t14-/m0/s1. The van der Waals surface area contributed by atoms with Crippen LogP contribution in [0.2, 0.25) is 0 Å². The van der Waals surface area contributed by atoms with Crippen molar-refractivity contribution < 1.29 is 4.79 Å². The average molecular weight is 272 g/mol. The van der Waals surface area contributed by atoms with Gasteiger partial charge in [-0.15, -0.1) is 11.8 Å². The van der Waals surface area contributed by atoms with E-state index in [1.807, 2.05) is 60.9 Å². The molecule has 2 aromatic carbocycles. The van der Waals surface area contributed by atoms with Crippen molar-refractivity contribution in [1.82, 2.24) is 0 Å². The van der Waals surface area contributed by atoms with Crippen LogP contribution in [0.5, 0.6) is 0 Å². The quantitative estimate of drug-likeness (QED) is 0.823. The third-order valence-corrected chi connectivity index (χ3v) is 3.52. The maximum Gasteiger partial charge on any atom is 0.244 e. The molecule has 1 amide bonds. The van der Waals surface area contributed by atoms with Crippen LogP contribution in [0, 0.1) is 0 Å². The lowest BCUT2D eigenvalue weighted by molar-refractivity contribution is -0.118. The van der Waals surface area contributed by atoms with E-state index in [0.29, 0.717) is 0 Å². The molecule has 19 heavy (non-hydrogen) atoms. The topological polar surface area (TPSA) is 55.1 Å². The van der Waals surface area contributed by atoms with Crippen molar-refractivity contribution in [2.24, 2.45) is 5.73 Å². The number of benzene rings is 2. The Morgan fingerprint density at radius 2 is 1.89 bits per heavy atom. The fourth-order valence-corrected chi connectivity index (χ4v) is 2.30. The van der Waals surface area contributed by atoms with E-state index in [1.54, 1.807) is 11.8 Å². The Morgan fingerprint density at radius 1 is 1.16 bits per heavy atom. The SMILES string of the molecule is CSc1cccc(N[C@H](C(N)=O)c2ccccc2)c1. The lowest BCUT2D eigenvalue weighted by Crippen LogP contribution is -2.27. The normalized spacial score (nSPS) is 11.8. The third-order valence-electron chi connectivity index (χ3n) is 2.80. The van der Waals surface area contributed by atoms with Gasteiger partial charge in [-0.05, 0) is 30.0 Å². The summed E-state index contributed by atoms with van der Waals surface area (Å²) in [6.45, 7) is 0. The van der Waals surface area contributed by atoms with E-state index in [1.165, 1.54) is 0 Å². The van der Waals surface area contributed by atoms with Gasteiger partial charge in [-0.1, -0.05) is 36.4 Å². The van der Waals surface area contributed by atoms with Crippen molar-refractivity contribution in [3.63, 3.8) is 0 Å². The van der Waals surface area contributed by atoms with Crippen molar-refractivity contribution in [2.45, 2.75) is 10.9 Å². The maximum absolute atomic E-state index is 11.6. The minimum absolute atomic E-state index is 0.388. The summed E-state index contributed by atoms with van der Waals surface area (Å²) in [4.78, 5) is 12.8. The van der Waals surface area contributed by atoms with Gasteiger partial charge in [-0.3, -0.25) is 4.79 Å². The summed E-state index contributed by atoms with van der Waals surface area (Å²) in [7, 11) is 0. The number of anilines is 1. The van der Waals surface area contributed by atoms with E-state index < -0.39 is 6.04 Å². The van der Waals surface area contributed by atoms with E-state index in [9.17, 15) is 4.79 Å². The minimum atomic E-state index is -0.515. The summed E-state index contributed by atoms with van der Waals surface area (Å²) in [6.07, 6.45) is 2.02. The zero-order valence-corrected chi connectivity index (χ0v) is 11.5. The van der Waals surface area contributed by atoms with E-state index >= 15 is 0 Å². The van der Waals surface area contributed by atoms with E-state index in [0.717, 1.165) is 16.1 Å². The Labute approximate surface area is 117 Å². The van der Waals surface area contributed by atoms with Crippen LogP contribution < -0.4 is 11.1 Å². The molecule has 0 aromatic heterocycles. The number of hydrogen-bond acceptors (Lipinski definition) is 3. The zero-order valence-electron chi connectivity index (χ0n) is 10.7. The highest BCUT2D eigenvalue weighted by Crippen LogP contribution is 2.23. The fraction of sp³-hybridized carbons (Fsp3) is 0.133. The molecule has 0 unspecified atom stereocenters. The molecular formula is C15H16N2OS. The fourth-order valence-electron chi connectivity index (χ4n) is 1.84. The van der Waals surface area contributed by atoms with Gasteiger partial charge in [-0.2, -0.15) is 0 Å². The van der Waals surface area contributed by atoms with Crippen molar-refractivity contribution in [3.05, 3.63) is 60.2 Å². The Hall–Kier alpha value is -1.94. The van der Waals surface area contributed by atoms with Crippen LogP contribution in [0.1, 0.15) is 11.6 Å². The number of nitrogens with two attached hydrogens (primary N) is 1. The number of carbonyl (C=O) groups is 1. The monoisotopic (exact) mass is 272 g/mol. The van der Waals surface area contributed by atoms with Crippen LogP contribution in [-0.4, -0.2) is 12.2 Å². The first-order valence-corrected chi connectivity index (χ1v) is 7.18. The molecule has 98 valence electrons. The Bertz CT molecular complexity index is 557. The maximum atomic E-state index is 11.6. The number of rotatable bonds is 5. The first-order valence-electron chi connectivity index (χ1n) is 5.95. The van der Waals surface area contributed by atoms with Crippen LogP contribution in [-0.2, 0) is 4.79 Å². The predicted molar refractivity (Wildman–Crippen MR) is 80.2 cm³/mol. The molecule has 0 saturated heterocycles. The third kappa shape index (κ3) is 3.51. The molecule has 0 aliphatic heterocycles. The zero-order chi connectivity index (χ0) is 13.7. The summed E-state index contributed by atoms with van der Waals surface area (Å²) in [5.74, 6) is -0.388. The molecule has 3 N–H and O–H groups in total. The molecule has 0 bridgehead atoms. The Morgan fingerprint density at radius 3 is 2.53 bits per heavy atom. The molecule has 0 radical (unpaired) electrons. The summed E-state index contributed by atoms with van der Waals surface area (Å²) >= 11 is 1.66. The van der Waals surface area contributed by atoms with E-state index in [-0.39, 0.29) is 5.91 Å². The molecule has 0 spiro atoms. The van der Waals surface area contributed by atoms with Crippen molar-refractivity contribution in [1.29, 1.82) is 0 Å². The minimum Gasteiger partial charge on any atom is -0.370 e. The molecule has 2 rings (SSSR count). The number of amides is 1. The Balaban J connectivity index is 2.24. The van der Waals surface area contributed by atoms with Gasteiger partial charge in [0, 0.05) is 10.6 Å². The van der Waals surface area contributed by atoms with E-state index in [2.05, 4.69) is 5.32 Å². The lowest BCUT2D eigenvalue weighted by Gasteiger charge is -2.17. The molecule has 1 atom stereocenters. The number of hydrogen-bond donors (Lipinski definition) is 2. The predicted octanol–water partition coefficient (Wildman–Crippen LogP) is 3.05. The van der Waals surface area contributed by atoms with Crippen LogP contribution in [0.15, 0.2) is 59.5 Å². The first-order chi connectivity index (χ1) is 9.20. The van der Waals surface area contributed by atoms with Crippen LogP contribution in [0.3, 0.4) is 0 Å². The summed E-state index contributed by atoms with van der Waals surface area (Å²) in [5, 5.41) is 3.18. The van der Waals surface area contributed by atoms with E-state index in [4.69, 9.17) is 5.73 Å². The van der Waals surface area contributed by atoms with Gasteiger partial charge in [0.15, 0.2) is 0 Å². The van der Waals surface area contributed by atoms with Crippen LogP contribution >= 0.6 is 11.8 Å². The van der Waals surface area contributed by atoms with Crippen molar-refractivity contribution in [2.75, 3.05) is 11.6 Å². The second-order valence-corrected chi connectivity index (χ2v) is 5.00. The first kappa shape index (κ1) is 13.5. The second-order valence-electron chi connectivity index (χ2n) is 4.12. The summed E-state index contributed by atoms with van der Waals surface area (Å²) in [6, 6.07) is 16.9. The molecule has 2 aromatic rings. The van der Waals surface area contributed by atoms with Gasteiger partial charge >= 0.3 is 0 Å². The summed E-state index contributed by atoms with van der Waals surface area (Å²) < 4.78 is 0. The molecule has 0 heterocycles. The number of carbonyl (C=O) groups excluding carboxylic acids is 1.